The number of para-hydroxylation sites is 1. The van der Waals surface area contributed by atoms with Crippen molar-refractivity contribution in [1.82, 2.24) is 4.98 Å². The van der Waals surface area contributed by atoms with Gasteiger partial charge in [0.1, 0.15) is 0 Å². The highest BCUT2D eigenvalue weighted by molar-refractivity contribution is 5.96. The van der Waals surface area contributed by atoms with Gasteiger partial charge in [0, 0.05) is 22.5 Å². The van der Waals surface area contributed by atoms with E-state index in [0.717, 1.165) is 33.5 Å². The van der Waals surface area contributed by atoms with Gasteiger partial charge >= 0.3 is 5.97 Å². The van der Waals surface area contributed by atoms with Crippen LogP contribution in [0.4, 0.5) is 11.4 Å². The van der Waals surface area contributed by atoms with Crippen molar-refractivity contribution in [1.29, 1.82) is 0 Å². The third-order valence-electron chi connectivity index (χ3n) is 3.73. The van der Waals surface area contributed by atoms with E-state index in [0.29, 0.717) is 5.56 Å². The van der Waals surface area contributed by atoms with Crippen molar-refractivity contribution in [3.63, 3.8) is 0 Å². The molecule has 1 heterocycles. The zero-order valence-corrected chi connectivity index (χ0v) is 14.6. The molecule has 0 radical (unpaired) electrons. The summed E-state index contributed by atoms with van der Waals surface area (Å²) in [5.74, 6) is -0.347. The Morgan fingerprint density at radius 3 is 2.58 bits per heavy atom. The Labute approximate surface area is 147 Å². The summed E-state index contributed by atoms with van der Waals surface area (Å²) in [5.41, 5.74) is 5.39. The summed E-state index contributed by atoms with van der Waals surface area (Å²) >= 11 is 0. The molecule has 0 spiro atoms. The molecule has 0 fully saturated rings. The van der Waals surface area contributed by atoms with Gasteiger partial charge in [0.05, 0.1) is 18.2 Å². The molecule has 3 rings (SSSR count). The molecule has 24 heavy (non-hydrogen) atoms. The fourth-order valence-electron chi connectivity index (χ4n) is 2.62. The average molecular weight is 343 g/mol. The lowest BCUT2D eigenvalue weighted by Crippen LogP contribution is -2.02. The molecule has 0 amide bonds. The number of aryl methyl sites for hydroxylation is 2. The Morgan fingerprint density at radius 1 is 1.08 bits per heavy atom. The molecule has 5 heteroatoms. The van der Waals surface area contributed by atoms with Crippen molar-refractivity contribution in [3.8, 4) is 0 Å². The van der Waals surface area contributed by atoms with Crippen LogP contribution in [0.15, 0.2) is 48.5 Å². The van der Waals surface area contributed by atoms with Crippen LogP contribution in [-0.4, -0.2) is 18.1 Å². The van der Waals surface area contributed by atoms with Crippen LogP contribution < -0.4 is 5.32 Å². The van der Waals surface area contributed by atoms with Gasteiger partial charge in [0.2, 0.25) is 0 Å². The Bertz CT molecular complexity index is 894. The average Bonchev–Trinajstić information content (AvgIpc) is 2.55. The molecular weight excluding hydrogens is 324 g/mol. The Morgan fingerprint density at radius 2 is 1.83 bits per heavy atom. The van der Waals surface area contributed by atoms with Crippen molar-refractivity contribution < 1.29 is 9.53 Å². The first kappa shape index (κ1) is 17.8. The highest BCUT2D eigenvalue weighted by atomic mass is 35.5. The minimum Gasteiger partial charge on any atom is -0.465 e. The highest BCUT2D eigenvalue weighted by Crippen LogP contribution is 2.28. The number of carbonyl (C=O) groups excluding carboxylic acids is 1. The summed E-state index contributed by atoms with van der Waals surface area (Å²) in [6.45, 7) is 4.03. The summed E-state index contributed by atoms with van der Waals surface area (Å²) in [6, 6.07) is 15.4. The highest BCUT2D eigenvalue weighted by Gasteiger charge is 2.09. The molecule has 1 aromatic heterocycles. The predicted octanol–water partition coefficient (Wildman–Crippen LogP) is 4.80. The third-order valence-corrected chi connectivity index (χ3v) is 3.73. The van der Waals surface area contributed by atoms with E-state index in [1.165, 1.54) is 7.11 Å². The molecule has 0 bridgehead atoms. The summed E-state index contributed by atoms with van der Waals surface area (Å²) in [6.07, 6.45) is 0. The number of anilines is 2. The second kappa shape index (κ2) is 7.32. The fraction of sp³-hybridized carbons (Fsp3) is 0.158. The number of carbonyl (C=O) groups is 1. The monoisotopic (exact) mass is 342 g/mol. The number of hydrogen-bond acceptors (Lipinski definition) is 4. The van der Waals surface area contributed by atoms with E-state index in [1.807, 2.05) is 37.3 Å². The molecule has 1 N–H and O–H groups in total. The third kappa shape index (κ3) is 3.49. The van der Waals surface area contributed by atoms with Gasteiger partial charge in [-0.05, 0) is 43.7 Å². The van der Waals surface area contributed by atoms with E-state index < -0.39 is 0 Å². The number of nitrogens with one attached hydrogen (secondary N) is 1. The first-order chi connectivity index (χ1) is 11.1. The maximum absolute atomic E-state index is 11.7. The molecule has 0 aliphatic carbocycles. The molecule has 2 aromatic carbocycles. The molecule has 4 nitrogen and oxygen atoms in total. The molecule has 0 atom stereocenters. The van der Waals surface area contributed by atoms with Crippen LogP contribution in [0, 0.1) is 13.8 Å². The summed E-state index contributed by atoms with van der Waals surface area (Å²) < 4.78 is 4.77. The number of rotatable bonds is 3. The van der Waals surface area contributed by atoms with E-state index in [1.54, 1.807) is 12.1 Å². The fourth-order valence-corrected chi connectivity index (χ4v) is 2.62. The number of fused-ring (bicyclic) bond motifs is 1. The minimum atomic E-state index is -0.347. The SMILES string of the molecule is COC(=O)c1cccc(Nc2cc(C)nc3c(C)cccc23)c1.Cl. The molecule has 0 saturated heterocycles. The number of methoxy groups -OCH3 is 1. The van der Waals surface area contributed by atoms with Crippen LogP contribution in [0.1, 0.15) is 21.6 Å². The van der Waals surface area contributed by atoms with Gasteiger partial charge in [-0.3, -0.25) is 4.98 Å². The molecule has 0 aliphatic rings. The second-order valence-electron chi connectivity index (χ2n) is 5.48. The minimum absolute atomic E-state index is 0. The zero-order chi connectivity index (χ0) is 16.4. The van der Waals surface area contributed by atoms with Gasteiger partial charge in [-0.15, -0.1) is 12.4 Å². The van der Waals surface area contributed by atoms with Gasteiger partial charge in [0.25, 0.3) is 0 Å². The van der Waals surface area contributed by atoms with Gasteiger partial charge in [-0.25, -0.2) is 4.79 Å². The van der Waals surface area contributed by atoms with Crippen LogP contribution in [-0.2, 0) is 4.74 Å². The number of benzene rings is 2. The van der Waals surface area contributed by atoms with Gasteiger partial charge < -0.3 is 10.1 Å². The number of halogens is 1. The number of pyridine rings is 1. The van der Waals surface area contributed by atoms with Gasteiger partial charge in [0.15, 0.2) is 0 Å². The molecule has 0 aliphatic heterocycles. The van der Waals surface area contributed by atoms with E-state index >= 15 is 0 Å². The lowest BCUT2D eigenvalue weighted by molar-refractivity contribution is 0.0601. The molecule has 3 aromatic rings. The van der Waals surface area contributed by atoms with Crippen molar-refractivity contribution in [2.24, 2.45) is 0 Å². The largest absolute Gasteiger partial charge is 0.465 e. The van der Waals surface area contributed by atoms with E-state index in [9.17, 15) is 4.79 Å². The number of ether oxygens (including phenoxy) is 1. The van der Waals surface area contributed by atoms with Gasteiger partial charge in [-0.2, -0.15) is 0 Å². The van der Waals surface area contributed by atoms with Crippen LogP contribution in [0.25, 0.3) is 10.9 Å². The number of hydrogen-bond donors (Lipinski definition) is 1. The summed E-state index contributed by atoms with van der Waals surface area (Å²) in [5, 5.41) is 4.44. The standard InChI is InChI=1S/C19H18N2O2.ClH/c1-12-6-4-9-16-17(10-13(2)20-18(12)16)21-15-8-5-7-14(11-15)19(22)23-3;/h4-11H,1-3H3,(H,20,21);1H. The molecule has 124 valence electrons. The van der Waals surface area contributed by atoms with Crippen LogP contribution >= 0.6 is 12.4 Å². The quantitative estimate of drug-likeness (QED) is 0.694. The normalized spacial score (nSPS) is 10.1. The number of esters is 1. The maximum Gasteiger partial charge on any atom is 0.337 e. The summed E-state index contributed by atoms with van der Waals surface area (Å²) in [7, 11) is 1.38. The summed E-state index contributed by atoms with van der Waals surface area (Å²) in [4.78, 5) is 16.3. The van der Waals surface area contributed by atoms with E-state index in [2.05, 4.69) is 23.3 Å². The maximum atomic E-state index is 11.7. The number of nitrogens with zero attached hydrogens (tertiary/aromatic N) is 1. The Kier molecular flexibility index (Phi) is 5.42. The predicted molar refractivity (Wildman–Crippen MR) is 99.5 cm³/mol. The first-order valence-corrected chi connectivity index (χ1v) is 7.41. The molecular formula is C19H19ClN2O2. The smallest absolute Gasteiger partial charge is 0.337 e. The second-order valence-corrected chi connectivity index (χ2v) is 5.48. The van der Waals surface area contributed by atoms with Crippen molar-refractivity contribution >= 4 is 40.7 Å². The number of aromatic nitrogens is 1. The molecule has 0 saturated carbocycles. The topological polar surface area (TPSA) is 51.2 Å². The van der Waals surface area contributed by atoms with Crippen molar-refractivity contribution in [2.75, 3.05) is 12.4 Å². The lowest BCUT2D eigenvalue weighted by atomic mass is 10.1. The Balaban J connectivity index is 0.00000208. The lowest BCUT2D eigenvalue weighted by Gasteiger charge is -2.12. The van der Waals surface area contributed by atoms with Crippen molar-refractivity contribution in [3.05, 3.63) is 65.4 Å². The zero-order valence-electron chi connectivity index (χ0n) is 13.8. The van der Waals surface area contributed by atoms with E-state index in [-0.39, 0.29) is 18.4 Å². The first-order valence-electron chi connectivity index (χ1n) is 7.41. The molecule has 0 unspecified atom stereocenters. The van der Waals surface area contributed by atoms with E-state index in [4.69, 9.17) is 4.74 Å². The van der Waals surface area contributed by atoms with Crippen molar-refractivity contribution in [2.45, 2.75) is 13.8 Å². The van der Waals surface area contributed by atoms with Crippen LogP contribution in [0.5, 0.6) is 0 Å². The van der Waals surface area contributed by atoms with Crippen LogP contribution in [0.3, 0.4) is 0 Å². The van der Waals surface area contributed by atoms with Crippen LogP contribution in [0.2, 0.25) is 0 Å². The Hall–Kier alpha value is -2.59. The van der Waals surface area contributed by atoms with Gasteiger partial charge in [-0.1, -0.05) is 24.3 Å².